The number of aliphatic hydroxyl groups excluding tert-OH is 1. The smallest absolute Gasteiger partial charge is 0.0606 e. The summed E-state index contributed by atoms with van der Waals surface area (Å²) in [6.45, 7) is 4.37. The van der Waals surface area contributed by atoms with Gasteiger partial charge in [-0.05, 0) is 92.2 Å². The van der Waals surface area contributed by atoms with Gasteiger partial charge in [-0.2, -0.15) is 0 Å². The van der Waals surface area contributed by atoms with Gasteiger partial charge in [-0.3, -0.25) is 0 Å². The van der Waals surface area contributed by atoms with E-state index in [0.29, 0.717) is 24.2 Å². The first-order valence-corrected chi connectivity index (χ1v) is 8.93. The second kappa shape index (κ2) is 4.71. The number of fused-ring (bicyclic) bond motifs is 5. The van der Waals surface area contributed by atoms with Crippen molar-refractivity contribution < 1.29 is 14.3 Å². The second-order valence-corrected chi connectivity index (χ2v) is 8.77. The minimum absolute atomic E-state index is 0.110. The molecule has 120 valence electrons. The Hall–Kier alpha value is -0.0800. The molecule has 0 saturated heterocycles. The topological polar surface area (TPSA) is 40.5 Å². The van der Waals surface area contributed by atoms with Crippen molar-refractivity contribution in [1.29, 1.82) is 0 Å². The predicted octanol–water partition coefficient (Wildman–Crippen LogP) is 3.75. The van der Waals surface area contributed by atoms with Gasteiger partial charge in [0.1, 0.15) is 0 Å². The molecule has 1 unspecified atom stereocenters. The summed E-state index contributed by atoms with van der Waals surface area (Å²) >= 11 is 0. The van der Waals surface area contributed by atoms with Gasteiger partial charge in [0, 0.05) is 2.74 Å². The quantitative estimate of drug-likeness (QED) is 0.714. The highest BCUT2D eigenvalue weighted by molar-refractivity contribution is 5.09. The minimum atomic E-state index is -1.98. The Bertz CT molecular complexity index is 537. The van der Waals surface area contributed by atoms with E-state index in [1.807, 2.05) is 6.92 Å². The molecule has 4 aliphatic carbocycles. The fraction of sp³-hybridized carbons (Fsp3) is 1.00. The fourth-order valence-electron chi connectivity index (χ4n) is 6.63. The first kappa shape index (κ1) is 11.5. The molecule has 0 spiro atoms. The molecule has 0 aromatic carbocycles. The van der Waals surface area contributed by atoms with E-state index in [1.54, 1.807) is 0 Å². The van der Waals surface area contributed by atoms with Gasteiger partial charge in [-0.1, -0.05) is 13.8 Å². The molecule has 2 nitrogen and oxygen atoms in total. The van der Waals surface area contributed by atoms with Crippen LogP contribution >= 0.6 is 0 Å². The van der Waals surface area contributed by atoms with Gasteiger partial charge in [0.2, 0.25) is 0 Å². The van der Waals surface area contributed by atoms with E-state index in [1.165, 1.54) is 0 Å². The third-order valence-electron chi connectivity index (χ3n) is 8.06. The Labute approximate surface area is 133 Å². The second-order valence-electron chi connectivity index (χ2n) is 8.77. The molecule has 8 atom stereocenters. The highest BCUT2D eigenvalue weighted by atomic mass is 16.3. The highest BCUT2D eigenvalue weighted by Crippen LogP contribution is 2.66. The third-order valence-corrected chi connectivity index (χ3v) is 8.06. The van der Waals surface area contributed by atoms with Gasteiger partial charge in [0.15, 0.2) is 0 Å². The van der Waals surface area contributed by atoms with Crippen LogP contribution in [0.1, 0.15) is 75.7 Å². The standard InChI is InChI=1S/C19H32O2/c1-18-9-7-13(20)11-12(18)3-4-14-15-5-6-17(21)19(15,2)10-8-16(14)18/h12-17,20-21H,3-11H2,1-2H3/t12-,13+,14?,15-,16-,17-,18-,19-/m0/s1/i6D2,17D. The van der Waals surface area contributed by atoms with E-state index in [-0.39, 0.29) is 17.4 Å². The van der Waals surface area contributed by atoms with E-state index in [0.717, 1.165) is 44.9 Å². The van der Waals surface area contributed by atoms with Crippen LogP contribution in [0.3, 0.4) is 0 Å². The molecule has 0 aliphatic heterocycles. The first-order valence-electron chi connectivity index (χ1n) is 10.4. The molecule has 21 heavy (non-hydrogen) atoms. The molecule has 0 radical (unpaired) electrons. The molecule has 0 bridgehead atoms. The third kappa shape index (κ3) is 1.91. The van der Waals surface area contributed by atoms with Gasteiger partial charge in [-0.25, -0.2) is 0 Å². The van der Waals surface area contributed by atoms with Crippen molar-refractivity contribution in [1.82, 2.24) is 0 Å². The Morgan fingerprint density at radius 1 is 0.952 bits per heavy atom. The average molecular weight is 295 g/mol. The molecule has 0 amide bonds. The Morgan fingerprint density at radius 3 is 2.48 bits per heavy atom. The molecule has 4 aliphatic rings. The summed E-state index contributed by atoms with van der Waals surface area (Å²) in [7, 11) is 0. The molecule has 0 aromatic rings. The summed E-state index contributed by atoms with van der Waals surface area (Å²) in [4.78, 5) is 0. The Balaban J connectivity index is 1.67. The fourth-order valence-corrected chi connectivity index (χ4v) is 6.63. The largest absolute Gasteiger partial charge is 0.393 e. The molecule has 2 N–H and O–H groups in total. The summed E-state index contributed by atoms with van der Waals surface area (Å²) in [5, 5.41) is 20.8. The van der Waals surface area contributed by atoms with E-state index in [4.69, 9.17) is 4.11 Å². The van der Waals surface area contributed by atoms with Crippen molar-refractivity contribution in [2.24, 2.45) is 34.5 Å². The van der Waals surface area contributed by atoms with Gasteiger partial charge >= 0.3 is 0 Å². The molecule has 0 heterocycles. The van der Waals surface area contributed by atoms with Crippen molar-refractivity contribution in [3.8, 4) is 0 Å². The zero-order valence-corrected chi connectivity index (χ0v) is 13.4. The molecule has 2 heteroatoms. The van der Waals surface area contributed by atoms with Crippen LogP contribution in [0, 0.1) is 34.5 Å². The molecule has 0 aromatic heterocycles. The number of hydrogen-bond donors (Lipinski definition) is 2. The van der Waals surface area contributed by atoms with Crippen molar-refractivity contribution in [2.75, 3.05) is 0 Å². The van der Waals surface area contributed by atoms with Crippen LogP contribution in [-0.2, 0) is 0 Å². The van der Waals surface area contributed by atoms with Crippen molar-refractivity contribution in [3.63, 3.8) is 0 Å². The highest BCUT2D eigenvalue weighted by Gasteiger charge is 2.59. The number of rotatable bonds is 0. The SMILES string of the molecule is [2H]C1([2H])C[C@H]2C3CC[C@H]4C[C@H](O)CC[C@]4(C)[C@H]3CC[C@]2(C)[C@@]1([2H])O. The summed E-state index contributed by atoms with van der Waals surface area (Å²) in [6, 6.07) is 0. The summed E-state index contributed by atoms with van der Waals surface area (Å²) in [5.74, 6) is 1.68. The first-order chi connectivity index (χ1) is 11.0. The van der Waals surface area contributed by atoms with Crippen LogP contribution in [0.15, 0.2) is 0 Å². The predicted molar refractivity (Wildman–Crippen MR) is 83.7 cm³/mol. The minimum Gasteiger partial charge on any atom is -0.393 e. The van der Waals surface area contributed by atoms with Crippen molar-refractivity contribution in [2.45, 2.75) is 83.8 Å². The molecule has 4 saturated carbocycles. The van der Waals surface area contributed by atoms with Crippen LogP contribution in [-0.4, -0.2) is 22.4 Å². The summed E-state index contributed by atoms with van der Waals surface area (Å²) in [6.07, 6.45) is 3.21. The molecule has 4 fully saturated rings. The Morgan fingerprint density at radius 2 is 1.67 bits per heavy atom. The maximum Gasteiger partial charge on any atom is 0.0606 e. The lowest BCUT2D eigenvalue weighted by Crippen LogP contribution is -2.54. The lowest BCUT2D eigenvalue weighted by atomic mass is 9.45. The van der Waals surface area contributed by atoms with E-state index >= 15 is 0 Å². The van der Waals surface area contributed by atoms with E-state index in [9.17, 15) is 10.2 Å². The Kier molecular flexibility index (Phi) is 2.57. The lowest BCUT2D eigenvalue weighted by Gasteiger charge is -2.60. The summed E-state index contributed by atoms with van der Waals surface area (Å²) in [5.41, 5.74) is -0.381. The molecular formula is C19H32O2. The molecule has 4 rings (SSSR count). The maximum absolute atomic E-state index is 10.8. The normalized spacial score (nSPS) is 68.0. The monoisotopic (exact) mass is 295 g/mol. The van der Waals surface area contributed by atoms with Gasteiger partial charge in [0.25, 0.3) is 0 Å². The van der Waals surface area contributed by atoms with E-state index < -0.39 is 17.9 Å². The van der Waals surface area contributed by atoms with Crippen LogP contribution in [0.25, 0.3) is 0 Å². The summed E-state index contributed by atoms with van der Waals surface area (Å²) < 4.78 is 25.0. The zero-order chi connectivity index (χ0) is 17.5. The van der Waals surface area contributed by atoms with Crippen LogP contribution in [0.5, 0.6) is 0 Å². The zero-order valence-electron chi connectivity index (χ0n) is 16.4. The van der Waals surface area contributed by atoms with Crippen LogP contribution in [0.2, 0.25) is 0 Å². The van der Waals surface area contributed by atoms with Crippen LogP contribution in [0.4, 0.5) is 0 Å². The lowest BCUT2D eigenvalue weighted by molar-refractivity contribution is -0.133. The van der Waals surface area contributed by atoms with Gasteiger partial charge in [0.05, 0.1) is 13.6 Å². The number of hydrogen-bond acceptors (Lipinski definition) is 2. The number of aliphatic hydroxyl groups is 2. The average Bonchev–Trinajstić information content (AvgIpc) is 2.64. The molecular weight excluding hydrogens is 260 g/mol. The van der Waals surface area contributed by atoms with Crippen molar-refractivity contribution in [3.05, 3.63) is 0 Å². The van der Waals surface area contributed by atoms with Crippen LogP contribution < -0.4 is 0 Å². The van der Waals surface area contributed by atoms with Gasteiger partial charge in [-0.15, -0.1) is 0 Å². The van der Waals surface area contributed by atoms with Gasteiger partial charge < -0.3 is 10.2 Å². The van der Waals surface area contributed by atoms with Crippen molar-refractivity contribution >= 4 is 0 Å². The van der Waals surface area contributed by atoms with E-state index in [2.05, 4.69) is 6.92 Å². The maximum atomic E-state index is 10.8.